The van der Waals surface area contributed by atoms with Gasteiger partial charge in [-0.05, 0) is 19.8 Å². The quantitative estimate of drug-likeness (QED) is 0.220. The van der Waals surface area contributed by atoms with E-state index in [-0.39, 0.29) is 13.0 Å². The highest BCUT2D eigenvalue weighted by Gasteiger charge is 2.43. The third-order valence-electron chi connectivity index (χ3n) is 2.87. The summed E-state index contributed by atoms with van der Waals surface area (Å²) in [4.78, 5) is 58.7. The van der Waals surface area contributed by atoms with E-state index in [1.807, 2.05) is 0 Å². The zero-order valence-corrected chi connectivity index (χ0v) is 13.6. The highest BCUT2D eigenvalue weighted by Crippen LogP contribution is 2.61. The summed E-state index contributed by atoms with van der Waals surface area (Å²) in [6, 6.07) is -2.22. The molecule has 0 radical (unpaired) electrons. The Bertz CT molecular complexity index is 479. The lowest BCUT2D eigenvalue weighted by Gasteiger charge is -2.22. The summed E-state index contributed by atoms with van der Waals surface area (Å²) >= 11 is 0. The first-order valence-corrected chi connectivity index (χ1v) is 9.56. The molecule has 0 aromatic heterocycles. The number of carbonyl (C=O) groups is 2. The van der Waals surface area contributed by atoms with E-state index in [1.165, 1.54) is 6.92 Å². The molecule has 2 atom stereocenters. The molecule has 13 heteroatoms. The molecule has 130 valence electrons. The SMILES string of the molecule is C[C@H](NC(=O)CN)C(=O)C(N)CCC(P(=O)(O)O)P(=O)(O)O. The van der Waals surface area contributed by atoms with Crippen molar-refractivity contribution in [2.45, 2.75) is 37.2 Å². The molecule has 0 saturated carbocycles. The van der Waals surface area contributed by atoms with Crippen LogP contribution in [-0.2, 0) is 18.7 Å². The topological polar surface area (TPSA) is 213 Å². The molecule has 1 amide bonds. The summed E-state index contributed by atoms with van der Waals surface area (Å²) in [5.41, 5.74) is 10.6. The van der Waals surface area contributed by atoms with E-state index in [9.17, 15) is 18.7 Å². The van der Waals surface area contributed by atoms with Crippen molar-refractivity contribution in [1.29, 1.82) is 0 Å². The van der Waals surface area contributed by atoms with Gasteiger partial charge in [0.15, 0.2) is 11.2 Å². The van der Waals surface area contributed by atoms with Crippen LogP contribution in [0.5, 0.6) is 0 Å². The summed E-state index contributed by atoms with van der Waals surface area (Å²) in [7, 11) is -10.1. The third-order valence-corrected chi connectivity index (χ3v) is 6.74. The zero-order chi connectivity index (χ0) is 17.7. The number of carbonyl (C=O) groups excluding carboxylic acids is 2. The van der Waals surface area contributed by atoms with Gasteiger partial charge in [-0.2, -0.15) is 0 Å². The number of nitrogens with two attached hydrogens (primary N) is 2. The average Bonchev–Trinajstić information content (AvgIpc) is 2.34. The maximum absolute atomic E-state index is 11.8. The maximum atomic E-state index is 11.8. The Labute approximate surface area is 126 Å². The maximum Gasteiger partial charge on any atom is 0.340 e. The van der Waals surface area contributed by atoms with Gasteiger partial charge in [0.2, 0.25) is 5.91 Å². The molecule has 0 aliphatic heterocycles. The van der Waals surface area contributed by atoms with Gasteiger partial charge in [-0.15, -0.1) is 0 Å². The van der Waals surface area contributed by atoms with Gasteiger partial charge >= 0.3 is 15.2 Å². The molecule has 0 aliphatic carbocycles. The highest BCUT2D eigenvalue weighted by molar-refractivity contribution is 7.70. The average molecular weight is 361 g/mol. The molecule has 0 bridgehead atoms. The van der Waals surface area contributed by atoms with E-state index < -0.39 is 50.8 Å². The molecule has 0 heterocycles. The molecule has 0 aromatic rings. The number of hydrogen-bond donors (Lipinski definition) is 7. The molecule has 9 N–H and O–H groups in total. The number of rotatable bonds is 9. The Morgan fingerprint density at radius 3 is 1.91 bits per heavy atom. The number of hydrogen-bond acceptors (Lipinski definition) is 6. The lowest BCUT2D eigenvalue weighted by molar-refractivity contribution is -0.127. The van der Waals surface area contributed by atoms with Gasteiger partial charge in [0.1, 0.15) is 0 Å². The first-order chi connectivity index (χ1) is 9.80. The molecule has 0 rings (SSSR count). The lowest BCUT2D eigenvalue weighted by Crippen LogP contribution is -2.48. The number of Topliss-reactive ketones (excluding diaryl/α,β-unsaturated/α-hetero) is 1. The lowest BCUT2D eigenvalue weighted by atomic mass is 10.0. The Kier molecular flexibility index (Phi) is 8.04. The predicted molar refractivity (Wildman–Crippen MR) is 76.8 cm³/mol. The van der Waals surface area contributed by atoms with Crippen LogP contribution >= 0.6 is 15.2 Å². The van der Waals surface area contributed by atoms with Gasteiger partial charge in [-0.25, -0.2) is 0 Å². The van der Waals surface area contributed by atoms with Crippen LogP contribution in [0.4, 0.5) is 0 Å². The van der Waals surface area contributed by atoms with Crippen LogP contribution in [0.1, 0.15) is 19.8 Å². The smallest absolute Gasteiger partial charge is 0.340 e. The standard InChI is InChI=1S/C9H21N3O8P2/c1-5(12-7(13)4-10)9(14)6(11)2-3-8(21(15,16)17)22(18,19)20/h5-6,8H,2-4,10-11H2,1H3,(H,12,13)(H2,15,16,17)(H2,18,19,20)/t5-,6?/m0/s1. The van der Waals surface area contributed by atoms with E-state index in [0.717, 1.165) is 0 Å². The van der Waals surface area contributed by atoms with Crippen LogP contribution < -0.4 is 16.8 Å². The molecule has 22 heavy (non-hydrogen) atoms. The fraction of sp³-hybridized carbons (Fsp3) is 0.778. The van der Waals surface area contributed by atoms with Crippen molar-refractivity contribution in [2.75, 3.05) is 6.54 Å². The number of amides is 1. The zero-order valence-electron chi connectivity index (χ0n) is 11.8. The van der Waals surface area contributed by atoms with E-state index >= 15 is 0 Å². The van der Waals surface area contributed by atoms with E-state index in [4.69, 9.17) is 31.0 Å². The minimum Gasteiger partial charge on any atom is -0.345 e. The summed E-state index contributed by atoms with van der Waals surface area (Å²) in [5, 5.41) is 0.0428. The van der Waals surface area contributed by atoms with E-state index in [2.05, 4.69) is 5.32 Å². The molecule has 1 unspecified atom stereocenters. The van der Waals surface area contributed by atoms with Crippen LogP contribution in [0.2, 0.25) is 0 Å². The first-order valence-electron chi connectivity index (χ1n) is 6.19. The molecule has 11 nitrogen and oxygen atoms in total. The molecule has 0 aliphatic rings. The summed E-state index contributed by atoms with van der Waals surface area (Å²) < 4.78 is 22.2. The molecule has 0 spiro atoms. The first kappa shape index (κ1) is 21.4. The predicted octanol–water partition coefficient (Wildman–Crippen LogP) is -2.19. The highest BCUT2D eigenvalue weighted by atomic mass is 31.2. The molecule has 0 fully saturated rings. The monoisotopic (exact) mass is 361 g/mol. The van der Waals surface area contributed by atoms with Crippen LogP contribution in [0.15, 0.2) is 0 Å². The fourth-order valence-corrected chi connectivity index (χ4v) is 4.23. The molecule has 0 saturated heterocycles. The van der Waals surface area contributed by atoms with Crippen molar-refractivity contribution < 1.29 is 38.3 Å². The van der Waals surface area contributed by atoms with Gasteiger partial charge in [-0.3, -0.25) is 18.7 Å². The van der Waals surface area contributed by atoms with Crippen LogP contribution in [0.25, 0.3) is 0 Å². The fourth-order valence-electron chi connectivity index (χ4n) is 1.70. The van der Waals surface area contributed by atoms with Gasteiger partial charge in [-0.1, -0.05) is 0 Å². The number of ketones is 1. The largest absolute Gasteiger partial charge is 0.345 e. The van der Waals surface area contributed by atoms with Gasteiger partial charge in [0, 0.05) is 0 Å². The molecule has 0 aromatic carbocycles. The van der Waals surface area contributed by atoms with Crippen molar-refractivity contribution in [3.8, 4) is 0 Å². The minimum atomic E-state index is -5.05. The summed E-state index contributed by atoms with van der Waals surface area (Å²) in [6.07, 6.45) is -0.998. The van der Waals surface area contributed by atoms with Crippen LogP contribution in [0.3, 0.4) is 0 Å². The second kappa shape index (κ2) is 8.28. The van der Waals surface area contributed by atoms with Gasteiger partial charge in [0.05, 0.1) is 18.6 Å². The van der Waals surface area contributed by atoms with E-state index in [1.54, 1.807) is 0 Å². The third kappa shape index (κ3) is 7.08. The van der Waals surface area contributed by atoms with Crippen molar-refractivity contribution in [3.63, 3.8) is 0 Å². The Hall–Kier alpha value is -0.640. The summed E-state index contributed by atoms with van der Waals surface area (Å²) in [6.45, 7) is 1.02. The van der Waals surface area contributed by atoms with Crippen molar-refractivity contribution in [1.82, 2.24) is 5.32 Å². The molecular weight excluding hydrogens is 340 g/mol. The van der Waals surface area contributed by atoms with E-state index in [0.29, 0.717) is 0 Å². The number of nitrogens with one attached hydrogen (secondary N) is 1. The Balaban J connectivity index is 4.74. The summed E-state index contributed by atoms with van der Waals surface area (Å²) in [5.74, 6) is -1.23. The molecular formula is C9H21N3O8P2. The van der Waals surface area contributed by atoms with Crippen LogP contribution in [-0.4, -0.2) is 55.3 Å². The normalized spacial score (nSPS) is 15.5. The van der Waals surface area contributed by atoms with Gasteiger partial charge < -0.3 is 36.4 Å². The Morgan fingerprint density at radius 1 is 1.09 bits per heavy atom. The minimum absolute atomic E-state index is 0.328. The second-order valence-electron chi connectivity index (χ2n) is 4.74. The van der Waals surface area contributed by atoms with Crippen LogP contribution in [0, 0.1) is 0 Å². The van der Waals surface area contributed by atoms with Gasteiger partial charge in [0.25, 0.3) is 0 Å². The Morgan fingerprint density at radius 2 is 1.55 bits per heavy atom. The van der Waals surface area contributed by atoms with Crippen molar-refractivity contribution >= 4 is 26.9 Å². The van der Waals surface area contributed by atoms with Crippen molar-refractivity contribution in [3.05, 3.63) is 0 Å². The second-order valence-corrected chi connectivity index (χ2v) is 8.75. The van der Waals surface area contributed by atoms with Crippen molar-refractivity contribution in [2.24, 2.45) is 11.5 Å².